The lowest BCUT2D eigenvalue weighted by molar-refractivity contribution is 0.551. The molecule has 2 aromatic heterocycles. The molecule has 0 radical (unpaired) electrons. The van der Waals surface area contributed by atoms with Gasteiger partial charge >= 0.3 is 0 Å². The summed E-state index contributed by atoms with van der Waals surface area (Å²) < 4.78 is 1.73. The first-order valence-corrected chi connectivity index (χ1v) is 6.68. The number of nitrogens with one attached hydrogen (secondary N) is 2. The number of hydrogen-bond donors (Lipinski definition) is 2. The Morgan fingerprint density at radius 3 is 3.06 bits per heavy atom. The van der Waals surface area contributed by atoms with Crippen molar-refractivity contribution < 1.29 is 0 Å². The lowest BCUT2D eigenvalue weighted by Crippen LogP contribution is -2.18. The second-order valence-corrected chi connectivity index (χ2v) is 5.90. The van der Waals surface area contributed by atoms with Gasteiger partial charge in [0, 0.05) is 15.9 Å². The van der Waals surface area contributed by atoms with Crippen LogP contribution in [0, 0.1) is 0 Å². The molecule has 0 saturated carbocycles. The van der Waals surface area contributed by atoms with Crippen LogP contribution in [0.25, 0.3) is 0 Å². The molecule has 0 amide bonds. The SMILES string of the molecule is CC(NCc1cc(Br)c(Cl)s1)c1ncn[nH]1. The first-order chi connectivity index (χ1) is 7.66. The van der Waals surface area contributed by atoms with Crippen LogP contribution in [-0.2, 0) is 6.54 Å². The maximum absolute atomic E-state index is 5.96. The Balaban J connectivity index is 1.92. The van der Waals surface area contributed by atoms with Gasteiger partial charge in [-0.3, -0.25) is 5.10 Å². The van der Waals surface area contributed by atoms with Crippen molar-refractivity contribution in [2.24, 2.45) is 0 Å². The maximum Gasteiger partial charge on any atom is 0.141 e. The summed E-state index contributed by atoms with van der Waals surface area (Å²) in [5.74, 6) is 0.835. The van der Waals surface area contributed by atoms with Gasteiger partial charge in [0.1, 0.15) is 16.5 Å². The third-order valence-corrected chi connectivity index (χ3v) is 4.60. The molecule has 0 aliphatic heterocycles. The topological polar surface area (TPSA) is 53.6 Å². The first-order valence-electron chi connectivity index (χ1n) is 4.69. The Morgan fingerprint density at radius 2 is 2.50 bits per heavy atom. The van der Waals surface area contributed by atoms with Crippen molar-refractivity contribution in [3.63, 3.8) is 0 Å². The Kier molecular flexibility index (Phi) is 3.96. The molecule has 0 bridgehead atoms. The zero-order chi connectivity index (χ0) is 11.5. The Morgan fingerprint density at radius 1 is 1.69 bits per heavy atom. The third kappa shape index (κ3) is 2.82. The molecule has 0 aliphatic rings. The Hall–Kier alpha value is -0.430. The number of aromatic nitrogens is 3. The summed E-state index contributed by atoms with van der Waals surface area (Å²) in [6, 6.07) is 2.16. The van der Waals surface area contributed by atoms with Crippen LogP contribution in [0.15, 0.2) is 16.9 Å². The van der Waals surface area contributed by atoms with Crippen molar-refractivity contribution >= 4 is 38.9 Å². The highest BCUT2D eigenvalue weighted by atomic mass is 79.9. The van der Waals surface area contributed by atoms with E-state index < -0.39 is 0 Å². The molecule has 0 aliphatic carbocycles. The molecule has 0 spiro atoms. The highest BCUT2D eigenvalue weighted by Crippen LogP contribution is 2.32. The number of rotatable bonds is 4. The van der Waals surface area contributed by atoms with Crippen LogP contribution in [0.3, 0.4) is 0 Å². The van der Waals surface area contributed by atoms with E-state index in [-0.39, 0.29) is 6.04 Å². The van der Waals surface area contributed by atoms with Crippen molar-refractivity contribution in [3.8, 4) is 0 Å². The second kappa shape index (κ2) is 5.27. The van der Waals surface area contributed by atoms with E-state index in [1.54, 1.807) is 11.3 Å². The molecule has 1 unspecified atom stereocenters. The summed E-state index contributed by atoms with van der Waals surface area (Å²) in [6.45, 7) is 2.79. The number of thiophene rings is 1. The van der Waals surface area contributed by atoms with Crippen molar-refractivity contribution in [2.75, 3.05) is 0 Å². The van der Waals surface area contributed by atoms with Crippen molar-refractivity contribution in [3.05, 3.63) is 31.9 Å². The number of halogens is 2. The molecule has 7 heteroatoms. The maximum atomic E-state index is 5.96. The lowest BCUT2D eigenvalue weighted by atomic mass is 10.3. The number of H-pyrrole nitrogens is 1. The highest BCUT2D eigenvalue weighted by Gasteiger charge is 2.09. The predicted molar refractivity (Wildman–Crippen MR) is 68.7 cm³/mol. The van der Waals surface area contributed by atoms with Crippen LogP contribution < -0.4 is 5.32 Å². The molecule has 0 aromatic carbocycles. The fraction of sp³-hybridized carbons (Fsp3) is 0.333. The van der Waals surface area contributed by atoms with Gasteiger partial charge in [-0.1, -0.05) is 11.6 Å². The van der Waals surface area contributed by atoms with Crippen LogP contribution in [-0.4, -0.2) is 15.2 Å². The average Bonchev–Trinajstić information content (AvgIpc) is 2.86. The van der Waals surface area contributed by atoms with E-state index in [2.05, 4.69) is 36.4 Å². The largest absolute Gasteiger partial charge is 0.303 e. The van der Waals surface area contributed by atoms with Gasteiger partial charge < -0.3 is 5.32 Å². The Bertz CT molecular complexity index is 437. The minimum absolute atomic E-state index is 0.141. The molecule has 86 valence electrons. The van der Waals surface area contributed by atoms with E-state index >= 15 is 0 Å². The molecule has 1 atom stereocenters. The van der Waals surface area contributed by atoms with E-state index in [1.807, 2.05) is 13.0 Å². The van der Waals surface area contributed by atoms with Crippen molar-refractivity contribution in [1.82, 2.24) is 20.5 Å². The normalized spacial score (nSPS) is 12.9. The molecule has 2 aromatic rings. The fourth-order valence-corrected chi connectivity index (χ4v) is 2.99. The summed E-state index contributed by atoms with van der Waals surface area (Å²) in [4.78, 5) is 5.27. The smallest absolute Gasteiger partial charge is 0.141 e. The van der Waals surface area contributed by atoms with Gasteiger partial charge in [0.15, 0.2) is 0 Å². The standard InChI is InChI=1S/C9H10BrClN4S/c1-5(9-13-4-14-15-9)12-3-6-2-7(10)8(11)16-6/h2,4-5,12H,3H2,1H3,(H,13,14,15). The number of hydrogen-bond acceptors (Lipinski definition) is 4. The van der Waals surface area contributed by atoms with Crippen LogP contribution in [0.1, 0.15) is 23.7 Å². The molecule has 4 nitrogen and oxygen atoms in total. The zero-order valence-electron chi connectivity index (χ0n) is 8.50. The van der Waals surface area contributed by atoms with Gasteiger partial charge in [0.25, 0.3) is 0 Å². The van der Waals surface area contributed by atoms with E-state index in [0.717, 1.165) is 21.2 Å². The summed E-state index contributed by atoms with van der Waals surface area (Å²) in [7, 11) is 0. The molecule has 2 N–H and O–H groups in total. The number of aromatic amines is 1. The summed E-state index contributed by atoms with van der Waals surface area (Å²) in [5, 5.41) is 9.99. The zero-order valence-corrected chi connectivity index (χ0v) is 11.7. The second-order valence-electron chi connectivity index (χ2n) is 3.31. The minimum atomic E-state index is 0.141. The molecule has 0 fully saturated rings. The van der Waals surface area contributed by atoms with Gasteiger partial charge in [0.2, 0.25) is 0 Å². The van der Waals surface area contributed by atoms with E-state index in [4.69, 9.17) is 11.6 Å². The van der Waals surface area contributed by atoms with Gasteiger partial charge in [-0.05, 0) is 28.9 Å². The quantitative estimate of drug-likeness (QED) is 0.909. The van der Waals surface area contributed by atoms with E-state index in [9.17, 15) is 0 Å². The Labute approximate surface area is 111 Å². The first kappa shape index (κ1) is 12.0. The third-order valence-electron chi connectivity index (χ3n) is 2.12. The molecule has 2 heterocycles. The summed E-state index contributed by atoms with van der Waals surface area (Å²) in [6.07, 6.45) is 1.51. The molecule has 16 heavy (non-hydrogen) atoms. The molecular weight excluding hydrogens is 312 g/mol. The van der Waals surface area contributed by atoms with Gasteiger partial charge in [-0.25, -0.2) is 4.98 Å². The minimum Gasteiger partial charge on any atom is -0.303 e. The van der Waals surface area contributed by atoms with Crippen LogP contribution in [0.2, 0.25) is 4.34 Å². The molecule has 2 rings (SSSR count). The highest BCUT2D eigenvalue weighted by molar-refractivity contribution is 9.10. The monoisotopic (exact) mass is 320 g/mol. The fourth-order valence-electron chi connectivity index (χ4n) is 1.25. The average molecular weight is 322 g/mol. The number of nitrogens with zero attached hydrogens (tertiary/aromatic N) is 2. The van der Waals surface area contributed by atoms with Crippen LogP contribution >= 0.6 is 38.9 Å². The predicted octanol–water partition coefficient (Wildman–Crippen LogP) is 3.13. The summed E-state index contributed by atoms with van der Waals surface area (Å²) in [5.41, 5.74) is 0. The van der Waals surface area contributed by atoms with Crippen molar-refractivity contribution in [2.45, 2.75) is 19.5 Å². The van der Waals surface area contributed by atoms with Crippen molar-refractivity contribution in [1.29, 1.82) is 0 Å². The molecule has 0 saturated heterocycles. The van der Waals surface area contributed by atoms with Gasteiger partial charge in [0.05, 0.1) is 6.04 Å². The lowest BCUT2D eigenvalue weighted by Gasteiger charge is -2.09. The van der Waals surface area contributed by atoms with E-state index in [1.165, 1.54) is 11.2 Å². The summed E-state index contributed by atoms with van der Waals surface area (Å²) >= 11 is 10.9. The molecular formula is C9H10BrClN4S. The van der Waals surface area contributed by atoms with Crippen LogP contribution in [0.5, 0.6) is 0 Å². The van der Waals surface area contributed by atoms with Gasteiger partial charge in [-0.15, -0.1) is 11.3 Å². The van der Waals surface area contributed by atoms with Crippen LogP contribution in [0.4, 0.5) is 0 Å². The van der Waals surface area contributed by atoms with E-state index in [0.29, 0.717) is 0 Å². The van der Waals surface area contributed by atoms with Gasteiger partial charge in [-0.2, -0.15) is 5.10 Å².